The highest BCUT2D eigenvalue weighted by Crippen LogP contribution is 2.20. The van der Waals surface area contributed by atoms with Gasteiger partial charge < -0.3 is 0 Å². The third-order valence-electron chi connectivity index (χ3n) is 1.97. The minimum Gasteiger partial charge on any atom is -0.199 e. The molecule has 0 aromatic rings. The van der Waals surface area contributed by atoms with Gasteiger partial charge in [0.1, 0.15) is 0 Å². The zero-order valence-corrected chi connectivity index (χ0v) is 10.0. The van der Waals surface area contributed by atoms with E-state index in [9.17, 15) is 21.6 Å². The van der Waals surface area contributed by atoms with Crippen LogP contribution in [0.15, 0.2) is 0 Å². The largest absolute Gasteiger partial charge is 0.537 e. The van der Waals surface area contributed by atoms with E-state index in [0.29, 0.717) is 6.42 Å². The molecule has 0 aromatic carbocycles. The topological polar surface area (TPSA) is 43.4 Å². The molecule has 0 atom stereocenters. The van der Waals surface area contributed by atoms with Gasteiger partial charge in [0.05, 0.1) is 5.75 Å². The van der Waals surface area contributed by atoms with Crippen LogP contribution in [0, 0.1) is 0 Å². The SMILES string of the molecule is CCCCCCCCS(=O)(=O)OC(F)(F)F. The molecule has 0 radical (unpaired) electrons. The first kappa shape index (κ1) is 15.7. The summed E-state index contributed by atoms with van der Waals surface area (Å²) in [6, 6.07) is 0. The van der Waals surface area contributed by atoms with E-state index in [-0.39, 0.29) is 6.42 Å². The lowest BCUT2D eigenvalue weighted by Crippen LogP contribution is -2.21. The van der Waals surface area contributed by atoms with Gasteiger partial charge in [0, 0.05) is 0 Å². The molecule has 0 aliphatic heterocycles. The Morgan fingerprint density at radius 3 is 2.00 bits per heavy atom. The summed E-state index contributed by atoms with van der Waals surface area (Å²) in [5.74, 6) is -0.571. The van der Waals surface area contributed by atoms with Gasteiger partial charge in [-0.05, 0) is 6.42 Å². The van der Waals surface area contributed by atoms with Crippen molar-refractivity contribution in [3.05, 3.63) is 0 Å². The molecule has 0 bridgehead atoms. The molecular formula is C9H17F3O3S. The van der Waals surface area contributed by atoms with E-state index in [1.165, 1.54) is 0 Å². The molecule has 0 aromatic heterocycles. The third-order valence-corrected chi connectivity index (χ3v) is 3.20. The van der Waals surface area contributed by atoms with Crippen LogP contribution in [-0.4, -0.2) is 20.5 Å². The maximum absolute atomic E-state index is 11.6. The fourth-order valence-corrected chi connectivity index (χ4v) is 2.17. The average molecular weight is 262 g/mol. The standard InChI is InChI=1S/C9H17F3O3S/c1-2-3-4-5-6-7-8-16(13,14)15-9(10,11)12/h2-8H2,1H3. The van der Waals surface area contributed by atoms with Gasteiger partial charge in [-0.1, -0.05) is 39.0 Å². The second-order valence-corrected chi connectivity index (χ2v) is 5.25. The number of rotatable bonds is 8. The van der Waals surface area contributed by atoms with Crippen LogP contribution < -0.4 is 0 Å². The highest BCUT2D eigenvalue weighted by molar-refractivity contribution is 7.86. The molecular weight excluding hydrogens is 245 g/mol. The van der Waals surface area contributed by atoms with Crippen LogP contribution in [0.25, 0.3) is 0 Å². The second kappa shape index (κ2) is 7.11. The number of alkyl halides is 3. The Kier molecular flexibility index (Phi) is 6.98. The van der Waals surface area contributed by atoms with Crippen LogP contribution in [0.1, 0.15) is 45.4 Å². The fourth-order valence-electron chi connectivity index (χ4n) is 1.24. The third kappa shape index (κ3) is 10.2. The summed E-state index contributed by atoms with van der Waals surface area (Å²) in [4.78, 5) is 0. The molecule has 3 nitrogen and oxygen atoms in total. The van der Waals surface area contributed by atoms with Gasteiger partial charge in [-0.15, -0.1) is 13.2 Å². The molecule has 0 aliphatic carbocycles. The normalized spacial score (nSPS) is 13.0. The lowest BCUT2D eigenvalue weighted by atomic mass is 10.1. The number of hydrogen-bond acceptors (Lipinski definition) is 3. The van der Waals surface area contributed by atoms with Gasteiger partial charge in [0.15, 0.2) is 0 Å². The van der Waals surface area contributed by atoms with Crippen molar-refractivity contribution in [3.8, 4) is 0 Å². The van der Waals surface area contributed by atoms with Crippen molar-refractivity contribution in [1.82, 2.24) is 0 Å². The summed E-state index contributed by atoms with van der Waals surface area (Å²) in [6.45, 7) is 2.04. The number of unbranched alkanes of at least 4 members (excludes halogenated alkanes) is 5. The summed E-state index contributed by atoms with van der Waals surface area (Å²) in [5, 5.41) is 0. The van der Waals surface area contributed by atoms with E-state index in [1.807, 2.05) is 6.92 Å². The van der Waals surface area contributed by atoms with Gasteiger partial charge >= 0.3 is 6.36 Å². The fraction of sp³-hybridized carbons (Fsp3) is 1.00. The van der Waals surface area contributed by atoms with Gasteiger partial charge in [-0.2, -0.15) is 12.6 Å². The van der Waals surface area contributed by atoms with Crippen LogP contribution >= 0.6 is 0 Å². The van der Waals surface area contributed by atoms with Crippen LogP contribution in [-0.2, 0) is 14.3 Å². The smallest absolute Gasteiger partial charge is 0.199 e. The van der Waals surface area contributed by atoms with E-state index >= 15 is 0 Å². The molecule has 0 rings (SSSR count). The van der Waals surface area contributed by atoms with E-state index in [1.54, 1.807) is 0 Å². The Hall–Kier alpha value is -0.300. The van der Waals surface area contributed by atoms with Gasteiger partial charge in [-0.25, -0.2) is 0 Å². The predicted molar refractivity (Wildman–Crippen MR) is 54.3 cm³/mol. The molecule has 0 aliphatic rings. The second-order valence-electron chi connectivity index (χ2n) is 3.56. The van der Waals surface area contributed by atoms with Crippen molar-refractivity contribution < 1.29 is 25.8 Å². The molecule has 0 spiro atoms. The molecule has 0 N–H and O–H groups in total. The Morgan fingerprint density at radius 1 is 1.00 bits per heavy atom. The highest BCUT2D eigenvalue weighted by atomic mass is 32.2. The highest BCUT2D eigenvalue weighted by Gasteiger charge is 2.36. The number of halogens is 3. The van der Waals surface area contributed by atoms with Crippen molar-refractivity contribution in [2.24, 2.45) is 0 Å². The minimum absolute atomic E-state index is 0.210. The molecule has 0 amide bonds. The van der Waals surface area contributed by atoms with Gasteiger partial charge in [-0.3, -0.25) is 0 Å². The van der Waals surface area contributed by atoms with Crippen LogP contribution in [0.3, 0.4) is 0 Å². The van der Waals surface area contributed by atoms with E-state index in [0.717, 1.165) is 25.7 Å². The molecule has 7 heteroatoms. The Labute approximate surface area is 94.1 Å². The first-order valence-electron chi connectivity index (χ1n) is 5.27. The van der Waals surface area contributed by atoms with Crippen molar-refractivity contribution in [2.75, 3.05) is 5.75 Å². The summed E-state index contributed by atoms with van der Waals surface area (Å²) in [5.41, 5.74) is 0. The molecule has 98 valence electrons. The molecule has 0 heterocycles. The first-order chi connectivity index (χ1) is 7.27. The van der Waals surface area contributed by atoms with Crippen LogP contribution in [0.5, 0.6) is 0 Å². The lowest BCUT2D eigenvalue weighted by Gasteiger charge is -2.07. The average Bonchev–Trinajstić information content (AvgIpc) is 2.06. The van der Waals surface area contributed by atoms with E-state index in [4.69, 9.17) is 0 Å². The quantitative estimate of drug-likeness (QED) is 0.498. The van der Waals surface area contributed by atoms with Crippen molar-refractivity contribution >= 4 is 10.1 Å². The zero-order chi connectivity index (χ0) is 12.7. The van der Waals surface area contributed by atoms with Crippen LogP contribution in [0.2, 0.25) is 0 Å². The maximum Gasteiger partial charge on any atom is 0.537 e. The molecule has 16 heavy (non-hydrogen) atoms. The Balaban J connectivity index is 3.68. The monoisotopic (exact) mass is 262 g/mol. The predicted octanol–water partition coefficient (Wildman–Crippen LogP) is 3.21. The molecule has 0 fully saturated rings. The van der Waals surface area contributed by atoms with Gasteiger partial charge in [0.25, 0.3) is 10.1 Å². The van der Waals surface area contributed by atoms with Crippen molar-refractivity contribution in [1.29, 1.82) is 0 Å². The summed E-state index contributed by atoms with van der Waals surface area (Å²) in [7, 11) is -4.46. The number of hydrogen-bond donors (Lipinski definition) is 0. The lowest BCUT2D eigenvalue weighted by molar-refractivity contribution is -0.271. The Morgan fingerprint density at radius 2 is 1.50 bits per heavy atom. The van der Waals surface area contributed by atoms with Gasteiger partial charge in [0.2, 0.25) is 0 Å². The summed E-state index contributed by atoms with van der Waals surface area (Å²) >= 11 is 0. The minimum atomic E-state index is -5.11. The van der Waals surface area contributed by atoms with Crippen molar-refractivity contribution in [2.45, 2.75) is 51.8 Å². The van der Waals surface area contributed by atoms with Crippen LogP contribution in [0.4, 0.5) is 13.2 Å². The molecule has 0 saturated heterocycles. The molecule has 0 unspecified atom stereocenters. The zero-order valence-electron chi connectivity index (χ0n) is 9.22. The van der Waals surface area contributed by atoms with E-state index in [2.05, 4.69) is 4.18 Å². The molecule has 0 saturated carbocycles. The van der Waals surface area contributed by atoms with E-state index < -0.39 is 22.2 Å². The summed E-state index contributed by atoms with van der Waals surface area (Å²) in [6.07, 6.45) is -0.336. The van der Waals surface area contributed by atoms with Crippen molar-refractivity contribution in [3.63, 3.8) is 0 Å². The maximum atomic E-state index is 11.6. The Bertz CT molecular complexity index is 272. The summed E-state index contributed by atoms with van der Waals surface area (Å²) < 4.78 is 59.5. The first-order valence-corrected chi connectivity index (χ1v) is 6.84.